The Bertz CT molecular complexity index is 775. The van der Waals surface area contributed by atoms with Gasteiger partial charge in [-0.1, -0.05) is 12.1 Å². The Labute approximate surface area is 141 Å². The van der Waals surface area contributed by atoms with Crippen LogP contribution in [0.1, 0.15) is 20.7 Å². The van der Waals surface area contributed by atoms with E-state index in [1.807, 2.05) is 0 Å². The highest BCUT2D eigenvalue weighted by Crippen LogP contribution is 2.30. The van der Waals surface area contributed by atoms with Crippen LogP contribution in [0.25, 0.3) is 0 Å². The van der Waals surface area contributed by atoms with Crippen molar-refractivity contribution in [3.05, 3.63) is 53.6 Å². The normalized spacial score (nSPS) is 10.3. The van der Waals surface area contributed by atoms with Gasteiger partial charge in [0.2, 0.25) is 0 Å². The van der Waals surface area contributed by atoms with Crippen molar-refractivity contribution in [1.82, 2.24) is 0 Å². The number of ether oxygens (including phenoxy) is 4. The molecule has 6 nitrogen and oxygen atoms in total. The first-order valence-electron chi connectivity index (χ1n) is 6.98. The molecule has 0 aliphatic carbocycles. The number of rotatable bonds is 6. The molecule has 0 bridgehead atoms. The minimum atomic E-state index is -3.08. The topological polar surface area (TPSA) is 71.1 Å². The number of benzene rings is 2. The molecule has 2 aromatic rings. The molecule has 0 unspecified atom stereocenters. The Kier molecular flexibility index (Phi) is 5.89. The molecule has 0 amide bonds. The van der Waals surface area contributed by atoms with Gasteiger partial charge in [-0.2, -0.15) is 8.78 Å². The van der Waals surface area contributed by atoms with Crippen molar-refractivity contribution in [2.24, 2.45) is 0 Å². The van der Waals surface area contributed by atoms with Crippen molar-refractivity contribution in [3.63, 3.8) is 0 Å². The highest BCUT2D eigenvalue weighted by Gasteiger charge is 2.19. The number of alkyl halides is 2. The van der Waals surface area contributed by atoms with E-state index >= 15 is 0 Å². The predicted molar refractivity (Wildman–Crippen MR) is 82.4 cm³/mol. The lowest BCUT2D eigenvalue weighted by molar-refractivity contribution is -0.0503. The van der Waals surface area contributed by atoms with Crippen molar-refractivity contribution in [1.29, 1.82) is 0 Å². The molecule has 0 saturated carbocycles. The SMILES string of the molecule is COC(=O)c1ccc(OC(=O)c2ccccc2OC(F)F)c(OC)c1. The summed E-state index contributed by atoms with van der Waals surface area (Å²) in [5.41, 5.74) is 0.0162. The van der Waals surface area contributed by atoms with E-state index in [2.05, 4.69) is 9.47 Å². The molecule has 0 N–H and O–H groups in total. The monoisotopic (exact) mass is 352 g/mol. The molecule has 8 heteroatoms. The molecule has 132 valence electrons. The van der Waals surface area contributed by atoms with Gasteiger partial charge < -0.3 is 18.9 Å². The largest absolute Gasteiger partial charge is 0.493 e. The van der Waals surface area contributed by atoms with Gasteiger partial charge in [0.05, 0.1) is 19.8 Å². The second-order valence-corrected chi connectivity index (χ2v) is 4.62. The fraction of sp³-hybridized carbons (Fsp3) is 0.176. The summed E-state index contributed by atoms with van der Waals surface area (Å²) in [6, 6.07) is 9.47. The van der Waals surface area contributed by atoms with Crippen molar-refractivity contribution in [2.45, 2.75) is 6.61 Å². The summed E-state index contributed by atoms with van der Waals surface area (Å²) < 4.78 is 44.0. The Hall–Kier alpha value is -3.16. The van der Waals surface area contributed by atoms with Crippen LogP contribution in [0, 0.1) is 0 Å². The minimum Gasteiger partial charge on any atom is -0.493 e. The molecular weight excluding hydrogens is 338 g/mol. The van der Waals surface area contributed by atoms with Crippen molar-refractivity contribution in [2.75, 3.05) is 14.2 Å². The number of halogens is 2. The van der Waals surface area contributed by atoms with Gasteiger partial charge in [0.15, 0.2) is 11.5 Å². The van der Waals surface area contributed by atoms with Crippen LogP contribution < -0.4 is 14.2 Å². The predicted octanol–water partition coefficient (Wildman–Crippen LogP) is 3.30. The first-order valence-corrected chi connectivity index (χ1v) is 6.98. The number of para-hydroxylation sites is 1. The van der Waals surface area contributed by atoms with E-state index in [0.717, 1.165) is 0 Å². The molecule has 0 radical (unpaired) electrons. The average Bonchev–Trinajstić information content (AvgIpc) is 2.61. The van der Waals surface area contributed by atoms with Crippen LogP contribution in [0.2, 0.25) is 0 Å². The summed E-state index contributed by atoms with van der Waals surface area (Å²) in [5.74, 6) is -1.71. The third kappa shape index (κ3) is 4.43. The molecule has 0 aromatic heterocycles. The number of esters is 2. The maximum atomic E-state index is 12.4. The van der Waals surface area contributed by atoms with Crippen LogP contribution in [0.5, 0.6) is 17.2 Å². The third-order valence-corrected chi connectivity index (χ3v) is 3.11. The first-order chi connectivity index (χ1) is 12.0. The quantitative estimate of drug-likeness (QED) is 0.587. The lowest BCUT2D eigenvalue weighted by Gasteiger charge is -2.12. The average molecular weight is 352 g/mol. The van der Waals surface area contributed by atoms with E-state index in [0.29, 0.717) is 0 Å². The molecule has 2 aromatic carbocycles. The summed E-state index contributed by atoms with van der Waals surface area (Å²) in [6.07, 6.45) is 0. The highest BCUT2D eigenvalue weighted by molar-refractivity contribution is 5.95. The molecule has 0 aliphatic heterocycles. The molecule has 0 heterocycles. The van der Waals surface area contributed by atoms with E-state index in [9.17, 15) is 18.4 Å². The second-order valence-electron chi connectivity index (χ2n) is 4.62. The van der Waals surface area contributed by atoms with Gasteiger partial charge in [-0.05, 0) is 30.3 Å². The van der Waals surface area contributed by atoms with Gasteiger partial charge in [0.1, 0.15) is 11.3 Å². The zero-order valence-corrected chi connectivity index (χ0v) is 13.3. The summed E-state index contributed by atoms with van der Waals surface area (Å²) in [6.45, 7) is -3.08. The second kappa shape index (κ2) is 8.09. The lowest BCUT2D eigenvalue weighted by atomic mass is 10.2. The highest BCUT2D eigenvalue weighted by atomic mass is 19.3. The molecule has 25 heavy (non-hydrogen) atoms. The van der Waals surface area contributed by atoms with E-state index in [1.54, 1.807) is 0 Å². The lowest BCUT2D eigenvalue weighted by Crippen LogP contribution is -2.13. The number of hydrogen-bond acceptors (Lipinski definition) is 6. The van der Waals surface area contributed by atoms with Crippen LogP contribution >= 0.6 is 0 Å². The molecule has 2 rings (SSSR count). The number of methoxy groups -OCH3 is 2. The number of carbonyl (C=O) groups excluding carboxylic acids is 2. The maximum Gasteiger partial charge on any atom is 0.387 e. The van der Waals surface area contributed by atoms with Gasteiger partial charge in [-0.25, -0.2) is 9.59 Å². The van der Waals surface area contributed by atoms with Crippen molar-refractivity contribution in [3.8, 4) is 17.2 Å². The van der Waals surface area contributed by atoms with Crippen LogP contribution in [-0.4, -0.2) is 32.8 Å². The number of carbonyl (C=O) groups is 2. The van der Waals surface area contributed by atoms with Gasteiger partial charge in [-0.15, -0.1) is 0 Å². The van der Waals surface area contributed by atoms with E-state index < -0.39 is 18.6 Å². The molecule has 0 saturated heterocycles. The number of hydrogen-bond donors (Lipinski definition) is 0. The van der Waals surface area contributed by atoms with Gasteiger partial charge in [0, 0.05) is 0 Å². The summed E-state index contributed by atoms with van der Waals surface area (Å²) in [5, 5.41) is 0. The van der Waals surface area contributed by atoms with E-state index in [4.69, 9.17) is 9.47 Å². The van der Waals surface area contributed by atoms with Gasteiger partial charge in [0.25, 0.3) is 0 Å². The summed E-state index contributed by atoms with van der Waals surface area (Å²) >= 11 is 0. The zero-order chi connectivity index (χ0) is 18.4. The smallest absolute Gasteiger partial charge is 0.387 e. The van der Waals surface area contributed by atoms with Crippen LogP contribution in [0.4, 0.5) is 8.78 Å². The maximum absolute atomic E-state index is 12.4. The molecule has 0 spiro atoms. The Morgan fingerprint density at radius 3 is 2.28 bits per heavy atom. The fourth-order valence-corrected chi connectivity index (χ4v) is 1.99. The molecule has 0 atom stereocenters. The van der Waals surface area contributed by atoms with Crippen LogP contribution in [0.3, 0.4) is 0 Å². The van der Waals surface area contributed by atoms with Crippen molar-refractivity contribution >= 4 is 11.9 Å². The third-order valence-electron chi connectivity index (χ3n) is 3.11. The fourth-order valence-electron chi connectivity index (χ4n) is 1.99. The molecule has 0 aliphatic rings. The van der Waals surface area contributed by atoms with Crippen LogP contribution in [0.15, 0.2) is 42.5 Å². The molecule has 0 fully saturated rings. The van der Waals surface area contributed by atoms with Gasteiger partial charge in [-0.3, -0.25) is 0 Å². The standard InChI is InChI=1S/C17H14F2O6/c1-22-14-9-10(15(20)23-2)7-8-13(14)24-16(21)11-5-3-4-6-12(11)25-17(18)19/h3-9,17H,1-2H3. The Morgan fingerprint density at radius 2 is 1.64 bits per heavy atom. The minimum absolute atomic E-state index is 0.00648. The van der Waals surface area contributed by atoms with Crippen molar-refractivity contribution < 1.29 is 37.3 Å². The van der Waals surface area contributed by atoms with E-state index in [1.165, 1.54) is 56.7 Å². The summed E-state index contributed by atoms with van der Waals surface area (Å²) in [7, 11) is 2.55. The van der Waals surface area contributed by atoms with Gasteiger partial charge >= 0.3 is 18.6 Å². The van der Waals surface area contributed by atoms with E-state index in [-0.39, 0.29) is 28.4 Å². The summed E-state index contributed by atoms with van der Waals surface area (Å²) in [4.78, 5) is 23.8. The Balaban J connectivity index is 2.28. The Morgan fingerprint density at radius 1 is 0.920 bits per heavy atom. The van der Waals surface area contributed by atoms with Crippen LogP contribution in [-0.2, 0) is 4.74 Å². The molecular formula is C17H14F2O6. The zero-order valence-electron chi connectivity index (χ0n) is 13.3. The first kappa shape index (κ1) is 18.2.